The van der Waals surface area contributed by atoms with Crippen molar-refractivity contribution >= 4 is 29.4 Å². The van der Waals surface area contributed by atoms with E-state index in [0.29, 0.717) is 55.7 Å². The predicted molar refractivity (Wildman–Crippen MR) is 120 cm³/mol. The van der Waals surface area contributed by atoms with E-state index in [2.05, 4.69) is 22.5 Å². The molecule has 1 saturated heterocycles. The van der Waals surface area contributed by atoms with E-state index in [0.717, 1.165) is 0 Å². The lowest BCUT2D eigenvalue weighted by molar-refractivity contribution is -0.133. The Bertz CT molecular complexity index is 911. The first-order valence-corrected chi connectivity index (χ1v) is 10.6. The molecule has 1 aromatic rings. The Morgan fingerprint density at radius 3 is 2.56 bits per heavy atom. The Labute approximate surface area is 188 Å². The third-order valence-corrected chi connectivity index (χ3v) is 5.22. The first-order chi connectivity index (χ1) is 15.3. The van der Waals surface area contributed by atoms with E-state index in [1.807, 2.05) is 0 Å². The van der Waals surface area contributed by atoms with E-state index in [4.69, 9.17) is 10.5 Å². The molecule has 0 radical (unpaired) electrons. The quantitative estimate of drug-likeness (QED) is 0.326. The van der Waals surface area contributed by atoms with Gasteiger partial charge in [-0.2, -0.15) is 0 Å². The van der Waals surface area contributed by atoms with Crippen LogP contribution in [0.25, 0.3) is 0 Å². The SMILES string of the molecule is COC(=O)c1ccc(NC(=O)CCCNC(=O)C2CCN(C(C)=O)CC2)cc1C#CCN. The predicted octanol–water partition coefficient (Wildman–Crippen LogP) is 0.877. The number of piperidine rings is 1. The van der Waals surface area contributed by atoms with Crippen molar-refractivity contribution in [1.82, 2.24) is 10.2 Å². The second kappa shape index (κ2) is 12.5. The summed E-state index contributed by atoms with van der Waals surface area (Å²) >= 11 is 0. The largest absolute Gasteiger partial charge is 0.465 e. The van der Waals surface area contributed by atoms with Crippen LogP contribution in [0.1, 0.15) is 48.5 Å². The molecule has 0 atom stereocenters. The van der Waals surface area contributed by atoms with Crippen LogP contribution in [-0.4, -0.2) is 61.9 Å². The van der Waals surface area contributed by atoms with Gasteiger partial charge in [-0.05, 0) is 37.5 Å². The number of benzene rings is 1. The summed E-state index contributed by atoms with van der Waals surface area (Å²) in [6, 6.07) is 4.74. The number of rotatable bonds is 7. The Balaban J connectivity index is 1.79. The zero-order valence-electron chi connectivity index (χ0n) is 18.5. The van der Waals surface area contributed by atoms with Crippen LogP contribution in [0.2, 0.25) is 0 Å². The second-order valence-electron chi connectivity index (χ2n) is 7.48. The first-order valence-electron chi connectivity index (χ1n) is 10.6. The molecule has 0 unspecified atom stereocenters. The minimum absolute atomic E-state index is 0.0323. The van der Waals surface area contributed by atoms with Gasteiger partial charge in [-0.3, -0.25) is 14.4 Å². The number of anilines is 1. The third-order valence-electron chi connectivity index (χ3n) is 5.22. The molecule has 172 valence electrons. The molecular formula is C23H30N4O5. The molecule has 1 heterocycles. The van der Waals surface area contributed by atoms with E-state index in [9.17, 15) is 19.2 Å². The number of nitrogens with zero attached hydrogens (tertiary/aromatic N) is 1. The summed E-state index contributed by atoms with van der Waals surface area (Å²) in [6.07, 6.45) is 2.03. The maximum absolute atomic E-state index is 12.3. The minimum Gasteiger partial charge on any atom is -0.465 e. The fourth-order valence-corrected chi connectivity index (χ4v) is 3.44. The molecule has 0 aliphatic carbocycles. The van der Waals surface area contributed by atoms with Gasteiger partial charge in [0.1, 0.15) is 0 Å². The molecule has 1 aliphatic rings. The number of ether oxygens (including phenoxy) is 1. The van der Waals surface area contributed by atoms with Crippen LogP contribution in [0.15, 0.2) is 18.2 Å². The average molecular weight is 443 g/mol. The summed E-state index contributed by atoms with van der Waals surface area (Å²) in [7, 11) is 1.28. The minimum atomic E-state index is -0.521. The molecule has 4 N–H and O–H groups in total. The van der Waals surface area contributed by atoms with Gasteiger partial charge >= 0.3 is 5.97 Å². The van der Waals surface area contributed by atoms with E-state index in [-0.39, 0.29) is 36.6 Å². The molecule has 9 nitrogen and oxygen atoms in total. The number of amides is 3. The fourth-order valence-electron chi connectivity index (χ4n) is 3.44. The molecule has 2 rings (SSSR count). The van der Waals surface area contributed by atoms with Crippen molar-refractivity contribution in [2.45, 2.75) is 32.6 Å². The number of hydrogen-bond donors (Lipinski definition) is 3. The molecule has 0 aromatic heterocycles. The highest BCUT2D eigenvalue weighted by molar-refractivity contribution is 5.95. The summed E-state index contributed by atoms with van der Waals surface area (Å²) in [6.45, 7) is 3.27. The fraction of sp³-hybridized carbons (Fsp3) is 0.478. The topological polar surface area (TPSA) is 131 Å². The zero-order valence-corrected chi connectivity index (χ0v) is 18.5. The molecule has 1 aliphatic heterocycles. The van der Waals surface area contributed by atoms with Crippen LogP contribution >= 0.6 is 0 Å². The molecule has 1 fully saturated rings. The average Bonchev–Trinajstić information content (AvgIpc) is 2.80. The lowest BCUT2D eigenvalue weighted by atomic mass is 9.96. The van der Waals surface area contributed by atoms with Gasteiger partial charge in [0.15, 0.2) is 0 Å². The highest BCUT2D eigenvalue weighted by Crippen LogP contribution is 2.18. The van der Waals surface area contributed by atoms with Gasteiger partial charge in [0.2, 0.25) is 17.7 Å². The smallest absolute Gasteiger partial charge is 0.339 e. The van der Waals surface area contributed by atoms with Crippen LogP contribution in [0.3, 0.4) is 0 Å². The molecular weight excluding hydrogens is 412 g/mol. The van der Waals surface area contributed by atoms with Crippen molar-refractivity contribution in [2.75, 3.05) is 38.6 Å². The molecule has 0 saturated carbocycles. The van der Waals surface area contributed by atoms with Crippen molar-refractivity contribution in [2.24, 2.45) is 11.7 Å². The van der Waals surface area contributed by atoms with Crippen LogP contribution in [-0.2, 0) is 19.1 Å². The van der Waals surface area contributed by atoms with Crippen molar-refractivity contribution < 1.29 is 23.9 Å². The van der Waals surface area contributed by atoms with Gasteiger partial charge in [0, 0.05) is 50.1 Å². The monoisotopic (exact) mass is 442 g/mol. The summed E-state index contributed by atoms with van der Waals surface area (Å²) in [5.74, 6) is 4.67. The van der Waals surface area contributed by atoms with Crippen LogP contribution in [0.4, 0.5) is 5.69 Å². The third kappa shape index (κ3) is 7.39. The zero-order chi connectivity index (χ0) is 23.5. The Hall–Kier alpha value is -3.38. The maximum atomic E-state index is 12.3. The highest BCUT2D eigenvalue weighted by Gasteiger charge is 2.25. The van der Waals surface area contributed by atoms with Crippen molar-refractivity contribution in [3.8, 4) is 11.8 Å². The number of esters is 1. The Kier molecular flexibility index (Phi) is 9.70. The Morgan fingerprint density at radius 1 is 1.22 bits per heavy atom. The number of methoxy groups -OCH3 is 1. The highest BCUT2D eigenvalue weighted by atomic mass is 16.5. The summed E-state index contributed by atoms with van der Waals surface area (Å²) < 4.78 is 4.74. The van der Waals surface area contributed by atoms with Gasteiger partial charge in [-0.25, -0.2) is 4.79 Å². The van der Waals surface area contributed by atoms with Crippen molar-refractivity contribution in [3.63, 3.8) is 0 Å². The molecule has 9 heteroatoms. The summed E-state index contributed by atoms with van der Waals surface area (Å²) in [5.41, 5.74) is 6.62. The number of carbonyl (C=O) groups is 4. The number of hydrogen-bond acceptors (Lipinski definition) is 6. The summed E-state index contributed by atoms with van der Waals surface area (Å²) in [4.78, 5) is 49.5. The van der Waals surface area contributed by atoms with Crippen molar-refractivity contribution in [1.29, 1.82) is 0 Å². The van der Waals surface area contributed by atoms with E-state index in [1.165, 1.54) is 14.0 Å². The van der Waals surface area contributed by atoms with E-state index >= 15 is 0 Å². The van der Waals surface area contributed by atoms with E-state index < -0.39 is 5.97 Å². The molecule has 1 aromatic carbocycles. The normalized spacial score (nSPS) is 13.5. The molecule has 0 bridgehead atoms. The lowest BCUT2D eigenvalue weighted by Gasteiger charge is -2.30. The number of nitrogens with two attached hydrogens (primary N) is 1. The number of likely N-dealkylation sites (tertiary alicyclic amines) is 1. The summed E-state index contributed by atoms with van der Waals surface area (Å²) in [5, 5.41) is 5.64. The molecule has 32 heavy (non-hydrogen) atoms. The van der Waals surface area contributed by atoms with Gasteiger partial charge in [0.25, 0.3) is 0 Å². The number of nitrogens with one attached hydrogen (secondary N) is 2. The van der Waals surface area contributed by atoms with Crippen molar-refractivity contribution in [3.05, 3.63) is 29.3 Å². The van der Waals surface area contributed by atoms with Gasteiger partial charge in [0.05, 0.1) is 19.2 Å². The van der Waals surface area contributed by atoms with E-state index in [1.54, 1.807) is 23.1 Å². The Morgan fingerprint density at radius 2 is 1.94 bits per heavy atom. The van der Waals surface area contributed by atoms with Crippen LogP contribution < -0.4 is 16.4 Å². The van der Waals surface area contributed by atoms with Crippen LogP contribution in [0, 0.1) is 17.8 Å². The molecule has 0 spiro atoms. The van der Waals surface area contributed by atoms with Crippen LogP contribution in [0.5, 0.6) is 0 Å². The molecule has 3 amide bonds. The second-order valence-corrected chi connectivity index (χ2v) is 7.48. The van der Waals surface area contributed by atoms with Gasteiger partial charge in [-0.15, -0.1) is 0 Å². The van der Waals surface area contributed by atoms with Gasteiger partial charge in [-0.1, -0.05) is 11.8 Å². The number of carbonyl (C=O) groups excluding carboxylic acids is 4. The maximum Gasteiger partial charge on any atom is 0.339 e. The standard InChI is InChI=1S/C23H30N4O5/c1-16(28)27-13-9-17(10-14-27)22(30)25-12-4-6-21(29)26-19-7-8-20(23(31)32-2)18(15-19)5-3-11-24/h7-8,15,17H,4,6,9-14,24H2,1-2H3,(H,25,30)(H,26,29). The lowest BCUT2D eigenvalue weighted by Crippen LogP contribution is -2.42. The van der Waals surface area contributed by atoms with Gasteiger partial charge < -0.3 is 26.0 Å². The first kappa shape index (κ1) is 24.9.